The van der Waals surface area contributed by atoms with Gasteiger partial charge in [0, 0.05) is 46.3 Å². The van der Waals surface area contributed by atoms with Gasteiger partial charge < -0.3 is 5.32 Å². The van der Waals surface area contributed by atoms with Crippen molar-refractivity contribution in [1.82, 2.24) is 24.7 Å². The highest BCUT2D eigenvalue weighted by atomic mass is 32.2. The Bertz CT molecular complexity index is 1470. The van der Waals surface area contributed by atoms with Crippen molar-refractivity contribution in [2.75, 3.05) is 0 Å². The van der Waals surface area contributed by atoms with E-state index < -0.39 is 0 Å². The summed E-state index contributed by atoms with van der Waals surface area (Å²) in [6, 6.07) is 14.3. The fourth-order valence-corrected chi connectivity index (χ4v) is 5.56. The van der Waals surface area contributed by atoms with E-state index in [9.17, 15) is 15.3 Å². The van der Waals surface area contributed by atoms with Crippen LogP contribution in [0.1, 0.15) is 43.4 Å². The summed E-state index contributed by atoms with van der Waals surface area (Å²) in [5.41, 5.74) is 3.63. The second-order valence-electron chi connectivity index (χ2n) is 8.34. The molecule has 34 heavy (non-hydrogen) atoms. The lowest BCUT2D eigenvalue weighted by Crippen LogP contribution is -2.30. The minimum atomic E-state index is -0.000862. The number of fused-ring (bicyclic) bond motifs is 1. The normalized spacial score (nSPS) is 17.4. The third-order valence-electron chi connectivity index (χ3n) is 6.05. The van der Waals surface area contributed by atoms with Crippen molar-refractivity contribution in [2.24, 2.45) is 0 Å². The smallest absolute Gasteiger partial charge is 0.217 e. The molecule has 1 N–H and O–H groups in total. The molecule has 168 valence electrons. The Labute approximate surface area is 200 Å². The molecule has 3 aromatic heterocycles. The van der Waals surface area contributed by atoms with E-state index in [1.165, 1.54) is 11.8 Å². The van der Waals surface area contributed by atoms with Crippen LogP contribution in [0.2, 0.25) is 0 Å². The summed E-state index contributed by atoms with van der Waals surface area (Å²) in [6.07, 6.45) is 10.1. The van der Waals surface area contributed by atoms with Crippen molar-refractivity contribution in [3.63, 3.8) is 0 Å². The number of nitriles is 2. The summed E-state index contributed by atoms with van der Waals surface area (Å²) in [6.45, 7) is 1.55. The van der Waals surface area contributed by atoms with E-state index in [-0.39, 0.29) is 18.0 Å². The molecular weight excluding hydrogens is 446 g/mol. The molecule has 0 bridgehead atoms. The van der Waals surface area contributed by atoms with Gasteiger partial charge in [-0.15, -0.1) is 0 Å². The van der Waals surface area contributed by atoms with E-state index in [0.717, 1.165) is 40.2 Å². The topological polar surface area (TPSA) is 112 Å². The predicted octanol–water partition coefficient (Wildman–Crippen LogP) is 4.32. The quantitative estimate of drug-likeness (QED) is 0.468. The highest BCUT2D eigenvalue weighted by Gasteiger charge is 2.27. The number of amides is 1. The van der Waals surface area contributed by atoms with Gasteiger partial charge in [0.2, 0.25) is 5.91 Å². The minimum absolute atomic E-state index is 0.000862. The van der Waals surface area contributed by atoms with E-state index in [2.05, 4.69) is 27.7 Å². The summed E-state index contributed by atoms with van der Waals surface area (Å²) in [5.74, 6) is -0.000862. The third-order valence-corrected chi connectivity index (χ3v) is 7.15. The maximum atomic E-state index is 11.4. The number of nitrogens with one attached hydrogen (secondary N) is 1. The fraction of sp³-hybridized carbons (Fsp3) is 0.240. The zero-order chi connectivity index (χ0) is 23.7. The summed E-state index contributed by atoms with van der Waals surface area (Å²) in [4.78, 5) is 13.0. The van der Waals surface area contributed by atoms with Crippen molar-refractivity contribution >= 4 is 23.2 Å². The van der Waals surface area contributed by atoms with Gasteiger partial charge in [-0.2, -0.15) is 20.7 Å². The molecule has 1 aliphatic carbocycles. The SMILES string of the molecule is CC(=O)N[C@@H]1CC[C@@H](n2cc(-c3cc(Sc4ccccc4C#N)c4c(C#N)cnn4c3)cn2)C1. The Morgan fingerprint density at radius 2 is 1.88 bits per heavy atom. The monoisotopic (exact) mass is 467 g/mol. The van der Waals surface area contributed by atoms with Crippen molar-refractivity contribution < 1.29 is 4.79 Å². The minimum Gasteiger partial charge on any atom is -0.354 e. The number of carbonyl (C=O) groups is 1. The largest absolute Gasteiger partial charge is 0.354 e. The zero-order valence-electron chi connectivity index (χ0n) is 18.5. The summed E-state index contributed by atoms with van der Waals surface area (Å²) in [7, 11) is 0. The zero-order valence-corrected chi connectivity index (χ0v) is 19.3. The molecule has 1 aliphatic rings. The standard InChI is InChI=1S/C25H21N7OS/c1-16(33)30-21-6-7-22(9-21)31-15-20(13-28-31)18-8-24(25-19(11-27)12-29-32(25)14-18)34-23-5-3-2-4-17(23)10-26/h2-5,8,12-15,21-22H,6-7,9H2,1H3,(H,30,33)/t21-,22-/m1/s1. The molecular formula is C25H21N7OS. The van der Waals surface area contributed by atoms with E-state index in [1.54, 1.807) is 23.7 Å². The lowest BCUT2D eigenvalue weighted by Gasteiger charge is -2.12. The summed E-state index contributed by atoms with van der Waals surface area (Å²) in [5, 5.41) is 31.1. The van der Waals surface area contributed by atoms with Crippen molar-refractivity contribution in [3.8, 4) is 23.3 Å². The maximum absolute atomic E-state index is 11.4. The second-order valence-corrected chi connectivity index (χ2v) is 9.42. The van der Waals surface area contributed by atoms with Gasteiger partial charge in [-0.3, -0.25) is 9.48 Å². The molecule has 1 saturated carbocycles. The van der Waals surface area contributed by atoms with Crippen LogP contribution in [-0.4, -0.2) is 31.3 Å². The molecule has 3 heterocycles. The lowest BCUT2D eigenvalue weighted by molar-refractivity contribution is -0.119. The molecule has 8 nitrogen and oxygen atoms in total. The Kier molecular flexibility index (Phi) is 5.79. The van der Waals surface area contributed by atoms with Crippen molar-refractivity contribution in [3.05, 3.63) is 66.2 Å². The van der Waals surface area contributed by atoms with E-state index in [4.69, 9.17) is 0 Å². The number of hydrogen-bond donors (Lipinski definition) is 1. The molecule has 0 saturated heterocycles. The predicted molar refractivity (Wildman–Crippen MR) is 127 cm³/mol. The lowest BCUT2D eigenvalue weighted by atomic mass is 10.1. The highest BCUT2D eigenvalue weighted by Crippen LogP contribution is 2.37. The number of pyridine rings is 1. The molecule has 0 aliphatic heterocycles. The first kappa shape index (κ1) is 21.7. The molecule has 0 spiro atoms. The highest BCUT2D eigenvalue weighted by molar-refractivity contribution is 7.99. The molecule has 4 aromatic rings. The van der Waals surface area contributed by atoms with Gasteiger partial charge in [-0.05, 0) is 37.5 Å². The number of benzene rings is 1. The third kappa shape index (κ3) is 4.14. The van der Waals surface area contributed by atoms with E-state index >= 15 is 0 Å². The fourth-order valence-electron chi connectivity index (χ4n) is 4.47. The second kappa shape index (κ2) is 9.05. The first-order chi connectivity index (χ1) is 16.6. The van der Waals surface area contributed by atoms with Gasteiger partial charge in [-0.1, -0.05) is 23.9 Å². The van der Waals surface area contributed by atoms with Gasteiger partial charge in [0.25, 0.3) is 0 Å². The van der Waals surface area contributed by atoms with Crippen LogP contribution in [0.15, 0.2) is 64.9 Å². The van der Waals surface area contributed by atoms with Crippen LogP contribution in [0.5, 0.6) is 0 Å². The molecule has 1 fully saturated rings. The average molecular weight is 468 g/mol. The molecule has 1 amide bonds. The molecule has 0 radical (unpaired) electrons. The van der Waals surface area contributed by atoms with E-state index in [0.29, 0.717) is 16.6 Å². The van der Waals surface area contributed by atoms with Crippen LogP contribution in [0.4, 0.5) is 0 Å². The maximum Gasteiger partial charge on any atom is 0.217 e. The van der Waals surface area contributed by atoms with Crippen molar-refractivity contribution in [2.45, 2.75) is 48.1 Å². The number of rotatable bonds is 5. The number of hydrogen-bond acceptors (Lipinski definition) is 6. The van der Waals surface area contributed by atoms with Crippen LogP contribution in [0, 0.1) is 22.7 Å². The first-order valence-corrected chi connectivity index (χ1v) is 11.8. The van der Waals surface area contributed by atoms with Crippen LogP contribution < -0.4 is 5.32 Å². The molecule has 1 aromatic carbocycles. The van der Waals surface area contributed by atoms with Gasteiger partial charge >= 0.3 is 0 Å². The molecule has 5 rings (SSSR count). The van der Waals surface area contributed by atoms with Gasteiger partial charge in [0.1, 0.15) is 12.1 Å². The first-order valence-electron chi connectivity index (χ1n) is 11.0. The molecule has 9 heteroatoms. The van der Waals surface area contributed by atoms with Crippen LogP contribution in [-0.2, 0) is 4.79 Å². The number of aromatic nitrogens is 4. The molecule has 0 unspecified atom stereocenters. The van der Waals surface area contributed by atoms with Gasteiger partial charge in [0.05, 0.1) is 35.1 Å². The van der Waals surface area contributed by atoms with Gasteiger partial charge in [0.15, 0.2) is 0 Å². The van der Waals surface area contributed by atoms with Crippen LogP contribution in [0.3, 0.4) is 0 Å². The Hall–Kier alpha value is -4.08. The van der Waals surface area contributed by atoms with Gasteiger partial charge in [-0.25, -0.2) is 4.52 Å². The Morgan fingerprint density at radius 3 is 2.68 bits per heavy atom. The average Bonchev–Trinajstić information content (AvgIpc) is 3.58. The molecule has 2 atom stereocenters. The van der Waals surface area contributed by atoms with Crippen LogP contribution >= 0.6 is 11.8 Å². The van der Waals surface area contributed by atoms with E-state index in [1.807, 2.05) is 47.5 Å². The van der Waals surface area contributed by atoms with Crippen LogP contribution in [0.25, 0.3) is 16.6 Å². The number of nitrogens with zero attached hydrogens (tertiary/aromatic N) is 6. The van der Waals surface area contributed by atoms with Crippen molar-refractivity contribution in [1.29, 1.82) is 10.5 Å². The Morgan fingerprint density at radius 1 is 1.06 bits per heavy atom. The Balaban J connectivity index is 1.50. The number of carbonyl (C=O) groups excluding carboxylic acids is 1. The summed E-state index contributed by atoms with van der Waals surface area (Å²) >= 11 is 1.45. The summed E-state index contributed by atoms with van der Waals surface area (Å²) < 4.78 is 3.69.